The quantitative estimate of drug-likeness (QED) is 0.183. The van der Waals surface area contributed by atoms with Gasteiger partial charge in [0.05, 0.1) is 35.2 Å². The largest absolute Gasteiger partial charge is 0.508 e. The first kappa shape index (κ1) is 23.1. The first-order chi connectivity index (χ1) is 16.5. The molecule has 4 rings (SSSR count). The number of amides is 1. The predicted octanol–water partition coefficient (Wildman–Crippen LogP) is 3.73. The SMILES string of the molecule is COc1ccc(-n2c(SCC(=O)N/N=C(/C)c3ccc(O)cc3)nc3ccccc3c2=O)cc1. The minimum atomic E-state index is -0.341. The summed E-state index contributed by atoms with van der Waals surface area (Å²) in [7, 11) is 1.57. The molecule has 1 heterocycles. The van der Waals surface area contributed by atoms with Crippen LogP contribution >= 0.6 is 11.8 Å². The van der Waals surface area contributed by atoms with Crippen LogP contribution in [0.3, 0.4) is 0 Å². The lowest BCUT2D eigenvalue weighted by Crippen LogP contribution is -2.24. The average Bonchev–Trinajstić information content (AvgIpc) is 2.86. The molecule has 0 aliphatic heterocycles. The standard InChI is InChI=1S/C25H22N4O4S/c1-16(17-7-11-19(30)12-8-17)27-28-23(31)15-34-25-26-22-6-4-3-5-21(22)24(32)29(25)18-9-13-20(33-2)14-10-18/h3-14,30H,15H2,1-2H3,(H,28,31)/b27-16-. The normalized spacial score (nSPS) is 11.4. The third-order valence-electron chi connectivity index (χ3n) is 5.04. The second kappa shape index (κ2) is 10.2. The van der Waals surface area contributed by atoms with E-state index in [2.05, 4.69) is 15.5 Å². The number of carbonyl (C=O) groups is 1. The van der Waals surface area contributed by atoms with Crippen molar-refractivity contribution < 1.29 is 14.6 Å². The molecule has 0 aliphatic carbocycles. The summed E-state index contributed by atoms with van der Waals surface area (Å²) in [6.07, 6.45) is 0. The number of carbonyl (C=O) groups excluding carboxylic acids is 1. The van der Waals surface area contributed by atoms with Gasteiger partial charge in [-0.05, 0) is 73.2 Å². The van der Waals surface area contributed by atoms with Crippen LogP contribution in [-0.4, -0.2) is 39.1 Å². The highest BCUT2D eigenvalue weighted by Crippen LogP contribution is 2.22. The van der Waals surface area contributed by atoms with E-state index in [9.17, 15) is 14.7 Å². The van der Waals surface area contributed by atoms with Crippen LogP contribution in [-0.2, 0) is 4.79 Å². The summed E-state index contributed by atoms with van der Waals surface area (Å²) < 4.78 is 6.70. The Bertz CT molecular complexity index is 1410. The average molecular weight is 475 g/mol. The Hall–Kier alpha value is -4.11. The van der Waals surface area contributed by atoms with Crippen molar-refractivity contribution in [2.75, 3.05) is 12.9 Å². The highest BCUT2D eigenvalue weighted by atomic mass is 32.2. The van der Waals surface area contributed by atoms with Gasteiger partial charge < -0.3 is 9.84 Å². The van der Waals surface area contributed by atoms with Crippen LogP contribution in [0.2, 0.25) is 0 Å². The number of rotatable bonds is 7. The van der Waals surface area contributed by atoms with Crippen LogP contribution in [0.4, 0.5) is 0 Å². The summed E-state index contributed by atoms with van der Waals surface area (Å²) in [5.74, 6) is 0.489. The Morgan fingerprint density at radius 3 is 2.50 bits per heavy atom. The summed E-state index contributed by atoms with van der Waals surface area (Å²) in [6, 6.07) is 20.7. The van der Waals surface area contributed by atoms with Gasteiger partial charge in [-0.2, -0.15) is 5.10 Å². The first-order valence-corrected chi connectivity index (χ1v) is 11.4. The molecule has 0 unspecified atom stereocenters. The molecule has 3 aromatic carbocycles. The van der Waals surface area contributed by atoms with E-state index in [1.807, 2.05) is 6.07 Å². The third kappa shape index (κ3) is 5.10. The topological polar surface area (TPSA) is 106 Å². The number of phenolic OH excluding ortho intramolecular Hbond substituents is 1. The second-order valence-corrected chi connectivity index (χ2v) is 8.26. The minimum absolute atomic E-state index is 0.00723. The van der Waals surface area contributed by atoms with E-state index in [4.69, 9.17) is 4.74 Å². The van der Waals surface area contributed by atoms with Crippen LogP contribution < -0.4 is 15.7 Å². The number of hydrogen-bond donors (Lipinski definition) is 2. The molecule has 0 saturated carbocycles. The molecule has 0 saturated heterocycles. The van der Waals surface area contributed by atoms with Gasteiger partial charge in [0.15, 0.2) is 5.16 Å². The summed E-state index contributed by atoms with van der Waals surface area (Å²) in [5, 5.41) is 14.4. The molecular weight excluding hydrogens is 452 g/mol. The number of nitrogens with zero attached hydrogens (tertiary/aromatic N) is 3. The fourth-order valence-electron chi connectivity index (χ4n) is 3.24. The number of phenols is 1. The molecule has 4 aromatic rings. The predicted molar refractivity (Wildman–Crippen MR) is 133 cm³/mol. The lowest BCUT2D eigenvalue weighted by atomic mass is 10.1. The summed E-state index contributed by atoms with van der Waals surface area (Å²) in [6.45, 7) is 1.76. The zero-order valence-corrected chi connectivity index (χ0v) is 19.4. The van der Waals surface area contributed by atoms with Crippen molar-refractivity contribution in [1.82, 2.24) is 15.0 Å². The summed E-state index contributed by atoms with van der Waals surface area (Å²) in [4.78, 5) is 30.4. The van der Waals surface area contributed by atoms with E-state index >= 15 is 0 Å². The Morgan fingerprint density at radius 1 is 1.09 bits per heavy atom. The lowest BCUT2D eigenvalue weighted by molar-refractivity contribution is -0.118. The molecule has 0 spiro atoms. The number of hydrogen-bond acceptors (Lipinski definition) is 7. The number of para-hydroxylation sites is 1. The minimum Gasteiger partial charge on any atom is -0.508 e. The third-order valence-corrected chi connectivity index (χ3v) is 5.98. The van der Waals surface area contributed by atoms with Gasteiger partial charge in [0.25, 0.3) is 11.5 Å². The van der Waals surface area contributed by atoms with E-state index < -0.39 is 0 Å². The molecule has 0 atom stereocenters. The molecule has 34 heavy (non-hydrogen) atoms. The molecule has 0 aliphatic rings. The maximum Gasteiger partial charge on any atom is 0.266 e. The molecule has 2 N–H and O–H groups in total. The van der Waals surface area contributed by atoms with Crippen LogP contribution in [0.1, 0.15) is 12.5 Å². The molecular formula is C25H22N4O4S. The maximum atomic E-state index is 13.3. The summed E-state index contributed by atoms with van der Waals surface area (Å²) >= 11 is 1.14. The Kier molecular flexibility index (Phi) is 6.93. The second-order valence-electron chi connectivity index (χ2n) is 7.32. The number of ether oxygens (including phenoxy) is 1. The van der Waals surface area contributed by atoms with Crippen molar-refractivity contribution in [1.29, 1.82) is 0 Å². The number of nitrogens with one attached hydrogen (secondary N) is 1. The van der Waals surface area contributed by atoms with Crippen LogP contribution in [0, 0.1) is 0 Å². The Balaban J connectivity index is 1.58. The zero-order chi connectivity index (χ0) is 24.1. The molecule has 0 bridgehead atoms. The number of methoxy groups -OCH3 is 1. The fraction of sp³-hybridized carbons (Fsp3) is 0.120. The van der Waals surface area contributed by atoms with E-state index in [1.165, 1.54) is 4.57 Å². The highest BCUT2D eigenvalue weighted by Gasteiger charge is 2.15. The molecule has 8 nitrogen and oxygen atoms in total. The van der Waals surface area contributed by atoms with Crippen molar-refractivity contribution in [3.05, 3.63) is 88.7 Å². The van der Waals surface area contributed by atoms with Crippen molar-refractivity contribution >= 4 is 34.3 Å². The van der Waals surface area contributed by atoms with Crippen LogP contribution in [0.5, 0.6) is 11.5 Å². The molecule has 0 radical (unpaired) electrons. The Morgan fingerprint density at radius 2 is 1.79 bits per heavy atom. The number of hydrazone groups is 1. The number of fused-ring (bicyclic) bond motifs is 1. The number of benzene rings is 3. The zero-order valence-electron chi connectivity index (χ0n) is 18.6. The smallest absolute Gasteiger partial charge is 0.266 e. The van der Waals surface area contributed by atoms with Gasteiger partial charge in [-0.15, -0.1) is 0 Å². The fourth-order valence-corrected chi connectivity index (χ4v) is 4.05. The van der Waals surface area contributed by atoms with E-state index in [0.717, 1.165) is 17.3 Å². The lowest BCUT2D eigenvalue weighted by Gasteiger charge is -2.13. The number of aromatic hydroxyl groups is 1. The van der Waals surface area contributed by atoms with Gasteiger partial charge in [0.2, 0.25) is 0 Å². The van der Waals surface area contributed by atoms with Gasteiger partial charge in [0.1, 0.15) is 11.5 Å². The van der Waals surface area contributed by atoms with Gasteiger partial charge in [0, 0.05) is 0 Å². The van der Waals surface area contributed by atoms with Gasteiger partial charge in [-0.3, -0.25) is 14.2 Å². The van der Waals surface area contributed by atoms with E-state index in [1.54, 1.807) is 80.8 Å². The number of aromatic nitrogens is 2. The number of thioether (sulfide) groups is 1. The Labute approximate surface area is 199 Å². The van der Waals surface area contributed by atoms with Gasteiger partial charge in [-0.25, -0.2) is 10.4 Å². The van der Waals surface area contributed by atoms with Crippen LogP contribution in [0.15, 0.2) is 87.8 Å². The molecule has 9 heteroatoms. The van der Waals surface area contributed by atoms with Crippen molar-refractivity contribution in [2.45, 2.75) is 12.1 Å². The van der Waals surface area contributed by atoms with Crippen molar-refractivity contribution in [3.63, 3.8) is 0 Å². The maximum absolute atomic E-state index is 13.3. The molecule has 1 aromatic heterocycles. The van der Waals surface area contributed by atoms with Crippen LogP contribution in [0.25, 0.3) is 16.6 Å². The van der Waals surface area contributed by atoms with Gasteiger partial charge in [-0.1, -0.05) is 23.9 Å². The van der Waals surface area contributed by atoms with Crippen molar-refractivity contribution in [2.24, 2.45) is 5.10 Å². The molecule has 0 fully saturated rings. The molecule has 1 amide bonds. The van der Waals surface area contributed by atoms with Crippen molar-refractivity contribution in [3.8, 4) is 17.2 Å². The summed E-state index contributed by atoms with van der Waals surface area (Å²) in [5.41, 5.74) is 4.85. The first-order valence-electron chi connectivity index (χ1n) is 10.4. The molecule has 172 valence electrons. The highest BCUT2D eigenvalue weighted by molar-refractivity contribution is 7.99. The monoisotopic (exact) mass is 474 g/mol. The van der Waals surface area contributed by atoms with E-state index in [0.29, 0.717) is 33.2 Å². The van der Waals surface area contributed by atoms with E-state index in [-0.39, 0.29) is 23.0 Å². The van der Waals surface area contributed by atoms with Gasteiger partial charge >= 0.3 is 0 Å².